The summed E-state index contributed by atoms with van der Waals surface area (Å²) in [7, 11) is 0. The van der Waals surface area contributed by atoms with Crippen LogP contribution in [-0.4, -0.2) is 5.78 Å². The average molecular weight is 232 g/mol. The van der Waals surface area contributed by atoms with Crippen molar-refractivity contribution in [2.45, 2.75) is 57.8 Å². The standard InChI is InChI=1S/C16H24O/c1-2-3-6-14(17)15-12-7-10-16(11-13(12)15)8-4-5-9-16/h2,12-13,15H,1,3-11H2. The second-order valence-corrected chi connectivity index (χ2v) is 6.60. The molecule has 94 valence electrons. The first-order valence-electron chi connectivity index (χ1n) is 7.39. The third-order valence-electron chi connectivity index (χ3n) is 5.64. The quantitative estimate of drug-likeness (QED) is 0.666. The van der Waals surface area contributed by atoms with Crippen LogP contribution in [0.4, 0.5) is 0 Å². The van der Waals surface area contributed by atoms with Gasteiger partial charge in [-0.15, -0.1) is 6.58 Å². The van der Waals surface area contributed by atoms with Crippen molar-refractivity contribution in [2.24, 2.45) is 23.2 Å². The van der Waals surface area contributed by atoms with E-state index < -0.39 is 0 Å². The Morgan fingerprint density at radius 2 is 2.00 bits per heavy atom. The Bertz CT molecular complexity index is 324. The van der Waals surface area contributed by atoms with Crippen LogP contribution in [0.2, 0.25) is 0 Å². The Labute approximate surface area is 105 Å². The summed E-state index contributed by atoms with van der Waals surface area (Å²) in [5.74, 6) is 2.54. The fourth-order valence-electron chi connectivity index (χ4n) is 4.66. The maximum absolute atomic E-state index is 12.1. The van der Waals surface area contributed by atoms with E-state index in [1.54, 1.807) is 0 Å². The van der Waals surface area contributed by atoms with E-state index in [9.17, 15) is 4.79 Å². The summed E-state index contributed by atoms with van der Waals surface area (Å²) < 4.78 is 0. The maximum Gasteiger partial charge on any atom is 0.136 e. The van der Waals surface area contributed by atoms with E-state index in [0.717, 1.165) is 24.7 Å². The highest BCUT2D eigenvalue weighted by atomic mass is 16.1. The van der Waals surface area contributed by atoms with Gasteiger partial charge in [-0.3, -0.25) is 4.79 Å². The Kier molecular flexibility index (Phi) is 2.88. The Morgan fingerprint density at radius 1 is 1.24 bits per heavy atom. The minimum Gasteiger partial charge on any atom is -0.299 e. The first kappa shape index (κ1) is 11.5. The van der Waals surface area contributed by atoms with E-state index >= 15 is 0 Å². The van der Waals surface area contributed by atoms with Crippen LogP contribution in [0.25, 0.3) is 0 Å². The van der Waals surface area contributed by atoms with Gasteiger partial charge < -0.3 is 0 Å². The van der Waals surface area contributed by atoms with Gasteiger partial charge in [0.05, 0.1) is 0 Å². The molecule has 0 aromatic carbocycles. The molecule has 0 heterocycles. The van der Waals surface area contributed by atoms with Crippen molar-refractivity contribution in [3.8, 4) is 0 Å². The lowest BCUT2D eigenvalue weighted by molar-refractivity contribution is -0.120. The predicted molar refractivity (Wildman–Crippen MR) is 69.7 cm³/mol. The number of carbonyl (C=O) groups excluding carboxylic acids is 1. The monoisotopic (exact) mass is 232 g/mol. The van der Waals surface area contributed by atoms with Crippen LogP contribution in [0.1, 0.15) is 57.8 Å². The molecule has 1 spiro atoms. The van der Waals surface area contributed by atoms with Crippen molar-refractivity contribution in [1.82, 2.24) is 0 Å². The second kappa shape index (κ2) is 4.26. The fraction of sp³-hybridized carbons (Fsp3) is 0.812. The number of carbonyl (C=O) groups is 1. The summed E-state index contributed by atoms with van der Waals surface area (Å²) in [5, 5.41) is 0. The van der Waals surface area contributed by atoms with Crippen LogP contribution in [0, 0.1) is 23.2 Å². The van der Waals surface area contributed by atoms with Gasteiger partial charge in [-0.25, -0.2) is 0 Å². The number of ketones is 1. The normalized spacial score (nSPS) is 37.8. The topological polar surface area (TPSA) is 17.1 Å². The number of rotatable bonds is 4. The number of fused-ring (bicyclic) bond motifs is 1. The van der Waals surface area contributed by atoms with Gasteiger partial charge in [0, 0.05) is 12.3 Å². The van der Waals surface area contributed by atoms with Crippen molar-refractivity contribution >= 4 is 5.78 Å². The Morgan fingerprint density at radius 3 is 2.71 bits per heavy atom. The van der Waals surface area contributed by atoms with Crippen molar-refractivity contribution in [2.75, 3.05) is 0 Å². The zero-order valence-corrected chi connectivity index (χ0v) is 10.8. The molecule has 3 aliphatic carbocycles. The second-order valence-electron chi connectivity index (χ2n) is 6.60. The summed E-state index contributed by atoms with van der Waals surface area (Å²) in [4.78, 5) is 12.1. The zero-order chi connectivity index (χ0) is 11.9. The molecule has 3 unspecified atom stereocenters. The number of hydrogen-bond acceptors (Lipinski definition) is 1. The number of hydrogen-bond donors (Lipinski definition) is 0. The molecule has 0 bridgehead atoms. The Balaban J connectivity index is 1.59. The smallest absolute Gasteiger partial charge is 0.136 e. The predicted octanol–water partition coefficient (Wildman–Crippen LogP) is 4.13. The van der Waals surface area contributed by atoms with Crippen molar-refractivity contribution in [1.29, 1.82) is 0 Å². The molecule has 0 N–H and O–H groups in total. The molecule has 3 fully saturated rings. The third-order valence-corrected chi connectivity index (χ3v) is 5.64. The number of Topliss-reactive ketones (excluding diaryl/α,β-unsaturated/α-hetero) is 1. The Hall–Kier alpha value is -0.590. The van der Waals surface area contributed by atoms with Gasteiger partial charge in [-0.1, -0.05) is 18.9 Å². The maximum atomic E-state index is 12.1. The largest absolute Gasteiger partial charge is 0.299 e. The molecular weight excluding hydrogens is 208 g/mol. The highest BCUT2D eigenvalue weighted by Gasteiger charge is 2.59. The highest BCUT2D eigenvalue weighted by Crippen LogP contribution is 2.64. The van der Waals surface area contributed by atoms with Gasteiger partial charge >= 0.3 is 0 Å². The SMILES string of the molecule is C=CCCC(=O)C1C2CCC3(CCCC3)CC21. The summed E-state index contributed by atoms with van der Waals surface area (Å²) in [6.07, 6.45) is 13.4. The number of allylic oxidation sites excluding steroid dienone is 1. The molecule has 0 amide bonds. The van der Waals surface area contributed by atoms with Crippen LogP contribution in [0.15, 0.2) is 12.7 Å². The average Bonchev–Trinajstić information content (AvgIpc) is 2.87. The van der Waals surface area contributed by atoms with E-state index in [2.05, 4.69) is 6.58 Å². The molecule has 0 radical (unpaired) electrons. The van der Waals surface area contributed by atoms with Gasteiger partial charge in [-0.05, 0) is 55.8 Å². The van der Waals surface area contributed by atoms with Crippen LogP contribution in [0.3, 0.4) is 0 Å². The molecule has 3 saturated carbocycles. The molecule has 0 saturated heterocycles. The van der Waals surface area contributed by atoms with Gasteiger partial charge in [-0.2, -0.15) is 0 Å². The van der Waals surface area contributed by atoms with Gasteiger partial charge in [0.25, 0.3) is 0 Å². The van der Waals surface area contributed by atoms with Crippen LogP contribution in [0.5, 0.6) is 0 Å². The van der Waals surface area contributed by atoms with E-state index in [-0.39, 0.29) is 0 Å². The van der Waals surface area contributed by atoms with Gasteiger partial charge in [0.15, 0.2) is 0 Å². The molecule has 0 aromatic rings. The lowest BCUT2D eigenvalue weighted by Gasteiger charge is -2.32. The molecule has 0 aromatic heterocycles. The minimum absolute atomic E-state index is 0.454. The lowest BCUT2D eigenvalue weighted by Crippen LogP contribution is -2.21. The minimum atomic E-state index is 0.454. The van der Waals surface area contributed by atoms with E-state index in [4.69, 9.17) is 0 Å². The molecule has 17 heavy (non-hydrogen) atoms. The molecule has 3 aliphatic rings. The highest BCUT2D eigenvalue weighted by molar-refractivity contribution is 5.84. The summed E-state index contributed by atoms with van der Waals surface area (Å²) in [6, 6.07) is 0. The molecule has 0 aliphatic heterocycles. The molecule has 1 heteroatoms. The van der Waals surface area contributed by atoms with Crippen LogP contribution < -0.4 is 0 Å². The molecule has 3 rings (SSSR count). The zero-order valence-electron chi connectivity index (χ0n) is 10.8. The van der Waals surface area contributed by atoms with Crippen LogP contribution in [-0.2, 0) is 4.79 Å². The van der Waals surface area contributed by atoms with Crippen molar-refractivity contribution in [3.63, 3.8) is 0 Å². The van der Waals surface area contributed by atoms with Crippen molar-refractivity contribution < 1.29 is 4.79 Å². The fourth-order valence-corrected chi connectivity index (χ4v) is 4.66. The van der Waals surface area contributed by atoms with Crippen molar-refractivity contribution in [3.05, 3.63) is 12.7 Å². The summed E-state index contributed by atoms with van der Waals surface area (Å²) in [5.41, 5.74) is 0.675. The lowest BCUT2D eigenvalue weighted by atomic mass is 9.73. The van der Waals surface area contributed by atoms with Gasteiger partial charge in [0.1, 0.15) is 5.78 Å². The first-order valence-corrected chi connectivity index (χ1v) is 7.39. The molecular formula is C16H24O. The first-order chi connectivity index (χ1) is 8.26. The summed E-state index contributed by atoms with van der Waals surface area (Å²) in [6.45, 7) is 3.71. The van der Waals surface area contributed by atoms with E-state index in [1.165, 1.54) is 44.9 Å². The summed E-state index contributed by atoms with van der Waals surface area (Å²) >= 11 is 0. The van der Waals surface area contributed by atoms with Crippen LogP contribution >= 0.6 is 0 Å². The van der Waals surface area contributed by atoms with Gasteiger partial charge in [0.2, 0.25) is 0 Å². The van der Waals surface area contributed by atoms with E-state index in [1.807, 2.05) is 6.08 Å². The molecule has 3 atom stereocenters. The molecule has 1 nitrogen and oxygen atoms in total. The van der Waals surface area contributed by atoms with E-state index in [0.29, 0.717) is 17.1 Å². The third kappa shape index (κ3) is 1.98.